The lowest BCUT2D eigenvalue weighted by atomic mass is 10.2. The van der Waals surface area contributed by atoms with Crippen molar-refractivity contribution in [3.8, 4) is 0 Å². The summed E-state index contributed by atoms with van der Waals surface area (Å²) in [6.45, 7) is -0.0647. The molecule has 0 spiro atoms. The van der Waals surface area contributed by atoms with Gasteiger partial charge in [-0.25, -0.2) is 13.1 Å². The number of nitrogens with one attached hydrogen (secondary N) is 1. The third-order valence-electron chi connectivity index (χ3n) is 2.36. The van der Waals surface area contributed by atoms with Crippen molar-refractivity contribution in [1.82, 2.24) is 4.72 Å². The second-order valence-electron chi connectivity index (χ2n) is 4.04. The van der Waals surface area contributed by atoms with Crippen molar-refractivity contribution in [1.29, 1.82) is 0 Å². The maximum Gasteiger partial charge on any atom is 0.389 e. The van der Waals surface area contributed by atoms with Crippen LogP contribution < -0.4 is 4.72 Å². The van der Waals surface area contributed by atoms with Gasteiger partial charge in [-0.2, -0.15) is 13.2 Å². The number of halogens is 5. The SMILES string of the molecule is O=S(=O)(NCCCCC(F)(F)F)c1ccc(Br)cc1Cl. The lowest BCUT2D eigenvalue weighted by Crippen LogP contribution is -2.25. The fraction of sp³-hybridized carbons (Fsp3) is 0.455. The molecular weight excluding hydrogens is 383 g/mol. The summed E-state index contributed by atoms with van der Waals surface area (Å²) in [4.78, 5) is -0.0989. The first-order chi connectivity index (χ1) is 9.12. The Labute approximate surface area is 128 Å². The van der Waals surface area contributed by atoms with E-state index in [0.29, 0.717) is 4.47 Å². The third kappa shape index (κ3) is 5.99. The molecule has 0 amide bonds. The summed E-state index contributed by atoms with van der Waals surface area (Å²) >= 11 is 8.96. The van der Waals surface area contributed by atoms with Crippen LogP contribution in [0.15, 0.2) is 27.6 Å². The second-order valence-corrected chi connectivity index (χ2v) is 7.10. The molecule has 1 rings (SSSR count). The summed E-state index contributed by atoms with van der Waals surface area (Å²) in [5, 5.41) is 0.0437. The van der Waals surface area contributed by atoms with E-state index in [0.717, 1.165) is 0 Å². The van der Waals surface area contributed by atoms with Crippen LogP contribution in [0.4, 0.5) is 13.2 Å². The molecule has 0 aliphatic carbocycles. The van der Waals surface area contributed by atoms with Crippen LogP contribution in [0.1, 0.15) is 19.3 Å². The zero-order valence-electron chi connectivity index (χ0n) is 10.2. The summed E-state index contributed by atoms with van der Waals surface area (Å²) in [6, 6.07) is 4.27. The summed E-state index contributed by atoms with van der Waals surface area (Å²) in [6.07, 6.45) is -5.16. The minimum absolute atomic E-state index is 0.0437. The Bertz CT molecular complexity index is 563. The van der Waals surface area contributed by atoms with E-state index < -0.39 is 22.6 Å². The number of benzene rings is 1. The molecule has 1 aromatic carbocycles. The van der Waals surface area contributed by atoms with Gasteiger partial charge >= 0.3 is 6.18 Å². The van der Waals surface area contributed by atoms with Crippen LogP contribution in [0.5, 0.6) is 0 Å². The Hall–Kier alpha value is -0.310. The first-order valence-electron chi connectivity index (χ1n) is 5.63. The maximum atomic E-state index is 11.9. The van der Waals surface area contributed by atoms with Gasteiger partial charge in [-0.1, -0.05) is 27.5 Å². The summed E-state index contributed by atoms with van der Waals surface area (Å²) in [7, 11) is -3.81. The van der Waals surface area contributed by atoms with Crippen LogP contribution in [-0.4, -0.2) is 21.1 Å². The van der Waals surface area contributed by atoms with Crippen LogP contribution in [-0.2, 0) is 10.0 Å². The highest BCUT2D eigenvalue weighted by atomic mass is 79.9. The standard InChI is InChI=1S/C11H12BrClF3NO2S/c12-8-3-4-10(9(13)7-8)20(18,19)17-6-2-1-5-11(14,15)16/h3-4,7,17H,1-2,5-6H2. The molecule has 0 heterocycles. The van der Waals surface area contributed by atoms with Gasteiger partial charge in [-0.05, 0) is 31.0 Å². The molecule has 0 saturated carbocycles. The van der Waals surface area contributed by atoms with E-state index >= 15 is 0 Å². The molecule has 0 aliphatic rings. The summed E-state index contributed by atoms with van der Waals surface area (Å²) < 4.78 is 62.4. The highest BCUT2D eigenvalue weighted by Gasteiger charge is 2.26. The van der Waals surface area contributed by atoms with Crippen molar-refractivity contribution in [3.63, 3.8) is 0 Å². The number of rotatable bonds is 6. The van der Waals surface area contributed by atoms with E-state index in [1.165, 1.54) is 18.2 Å². The molecule has 0 aromatic heterocycles. The van der Waals surface area contributed by atoms with Crippen LogP contribution in [0.25, 0.3) is 0 Å². The predicted octanol–water partition coefficient (Wildman–Crippen LogP) is 4.11. The minimum Gasteiger partial charge on any atom is -0.211 e. The van der Waals surface area contributed by atoms with Crippen molar-refractivity contribution < 1.29 is 21.6 Å². The molecule has 0 radical (unpaired) electrons. The van der Waals surface area contributed by atoms with E-state index in [2.05, 4.69) is 20.7 Å². The van der Waals surface area contributed by atoms with E-state index in [1.54, 1.807) is 0 Å². The smallest absolute Gasteiger partial charge is 0.211 e. The normalized spacial score (nSPS) is 12.7. The van der Waals surface area contributed by atoms with Gasteiger partial charge in [0.1, 0.15) is 4.90 Å². The van der Waals surface area contributed by atoms with Crippen molar-refractivity contribution in [2.75, 3.05) is 6.54 Å². The molecule has 9 heteroatoms. The average Bonchev–Trinajstić information content (AvgIpc) is 2.26. The van der Waals surface area contributed by atoms with Gasteiger partial charge in [0.2, 0.25) is 10.0 Å². The largest absolute Gasteiger partial charge is 0.389 e. The molecule has 20 heavy (non-hydrogen) atoms. The number of unbranched alkanes of at least 4 members (excludes halogenated alkanes) is 1. The van der Waals surface area contributed by atoms with E-state index in [4.69, 9.17) is 11.6 Å². The van der Waals surface area contributed by atoms with E-state index in [9.17, 15) is 21.6 Å². The minimum atomic E-state index is -4.21. The highest BCUT2D eigenvalue weighted by molar-refractivity contribution is 9.10. The van der Waals surface area contributed by atoms with Crippen molar-refractivity contribution in [2.24, 2.45) is 0 Å². The lowest BCUT2D eigenvalue weighted by Gasteiger charge is -2.09. The van der Waals surface area contributed by atoms with Gasteiger partial charge in [-0.3, -0.25) is 0 Å². The fourth-order valence-corrected chi connectivity index (χ4v) is 3.54. The average molecular weight is 395 g/mol. The summed E-state index contributed by atoms with van der Waals surface area (Å²) in [5.41, 5.74) is 0. The van der Waals surface area contributed by atoms with Crippen LogP contribution in [0.2, 0.25) is 5.02 Å². The molecule has 0 saturated heterocycles. The first-order valence-corrected chi connectivity index (χ1v) is 8.29. The van der Waals surface area contributed by atoms with Gasteiger partial charge in [0.15, 0.2) is 0 Å². The lowest BCUT2D eigenvalue weighted by molar-refractivity contribution is -0.135. The molecule has 0 aliphatic heterocycles. The quantitative estimate of drug-likeness (QED) is 0.738. The van der Waals surface area contributed by atoms with Crippen LogP contribution in [0.3, 0.4) is 0 Å². The Morgan fingerprint density at radius 3 is 2.45 bits per heavy atom. The highest BCUT2D eigenvalue weighted by Crippen LogP contribution is 2.25. The van der Waals surface area contributed by atoms with Gasteiger partial charge in [0.05, 0.1) is 5.02 Å². The van der Waals surface area contributed by atoms with Crippen LogP contribution in [0, 0.1) is 0 Å². The topological polar surface area (TPSA) is 46.2 Å². The molecule has 0 unspecified atom stereocenters. The Balaban J connectivity index is 2.54. The van der Waals surface area contributed by atoms with E-state index in [1.807, 2.05) is 0 Å². The molecule has 1 aromatic rings. The number of sulfonamides is 1. The molecule has 114 valence electrons. The van der Waals surface area contributed by atoms with Gasteiger partial charge < -0.3 is 0 Å². The number of alkyl halides is 3. The monoisotopic (exact) mass is 393 g/mol. The number of hydrogen-bond donors (Lipinski definition) is 1. The molecule has 0 bridgehead atoms. The zero-order valence-corrected chi connectivity index (χ0v) is 13.3. The first kappa shape index (κ1) is 17.7. The third-order valence-corrected chi connectivity index (χ3v) is 4.80. The second kappa shape index (κ2) is 7.11. The summed E-state index contributed by atoms with van der Waals surface area (Å²) in [5.74, 6) is 0. The van der Waals surface area contributed by atoms with Crippen molar-refractivity contribution in [2.45, 2.75) is 30.3 Å². The van der Waals surface area contributed by atoms with Crippen LogP contribution >= 0.6 is 27.5 Å². The van der Waals surface area contributed by atoms with E-state index in [-0.39, 0.29) is 29.3 Å². The van der Waals surface area contributed by atoms with Crippen molar-refractivity contribution in [3.05, 3.63) is 27.7 Å². The molecular formula is C11H12BrClF3NO2S. The van der Waals surface area contributed by atoms with Gasteiger partial charge in [-0.15, -0.1) is 0 Å². The molecule has 0 atom stereocenters. The number of hydrogen-bond acceptors (Lipinski definition) is 2. The molecule has 3 nitrogen and oxygen atoms in total. The predicted molar refractivity (Wildman–Crippen MR) is 74.2 cm³/mol. The van der Waals surface area contributed by atoms with Gasteiger partial charge in [0, 0.05) is 17.4 Å². The molecule has 1 N–H and O–H groups in total. The Kier molecular flexibility index (Phi) is 6.30. The Morgan fingerprint density at radius 2 is 1.90 bits per heavy atom. The van der Waals surface area contributed by atoms with Crippen molar-refractivity contribution >= 4 is 37.6 Å². The van der Waals surface area contributed by atoms with Gasteiger partial charge in [0.25, 0.3) is 0 Å². The fourth-order valence-electron chi connectivity index (χ4n) is 1.43. The maximum absolute atomic E-state index is 11.9. The zero-order chi connectivity index (χ0) is 15.4. The molecule has 0 fully saturated rings. The Morgan fingerprint density at radius 1 is 1.25 bits per heavy atom.